The Hall–Kier alpha value is -2.16. The first-order valence-electron chi connectivity index (χ1n) is 6.73. The minimum absolute atomic E-state index is 0.0575. The molecule has 0 unspecified atom stereocenters. The van der Waals surface area contributed by atoms with Crippen LogP contribution in [0.25, 0.3) is 0 Å². The number of halogens is 1. The zero-order chi connectivity index (χ0) is 16.3. The van der Waals surface area contributed by atoms with Crippen molar-refractivity contribution in [2.75, 3.05) is 12.4 Å². The van der Waals surface area contributed by atoms with Gasteiger partial charge in [0.1, 0.15) is 6.54 Å². The van der Waals surface area contributed by atoms with Crippen LogP contribution in [-0.4, -0.2) is 38.4 Å². The van der Waals surface area contributed by atoms with Crippen molar-refractivity contribution in [2.45, 2.75) is 26.9 Å². The van der Waals surface area contributed by atoms with Crippen LogP contribution in [0.1, 0.15) is 23.1 Å². The third kappa shape index (κ3) is 3.35. The van der Waals surface area contributed by atoms with Crippen LogP contribution in [0.4, 0.5) is 5.69 Å². The van der Waals surface area contributed by atoms with Crippen LogP contribution in [-0.2, 0) is 17.9 Å². The van der Waals surface area contributed by atoms with E-state index in [9.17, 15) is 9.59 Å². The SMILES string of the molecule is CCn1cc(NC(=O)Cn2ncc(Br)c2C)c(C(=O)NC)n1. The molecule has 0 aliphatic carbocycles. The molecule has 2 amide bonds. The highest BCUT2D eigenvalue weighted by Crippen LogP contribution is 2.16. The number of aromatic nitrogens is 4. The molecule has 2 heterocycles. The fraction of sp³-hybridized carbons (Fsp3) is 0.385. The number of hydrogen-bond acceptors (Lipinski definition) is 4. The Kier molecular flexibility index (Phi) is 4.96. The molecule has 2 aromatic heterocycles. The fourth-order valence-electron chi connectivity index (χ4n) is 1.87. The topological polar surface area (TPSA) is 93.8 Å². The molecule has 0 bridgehead atoms. The summed E-state index contributed by atoms with van der Waals surface area (Å²) in [7, 11) is 1.52. The van der Waals surface area contributed by atoms with Gasteiger partial charge >= 0.3 is 0 Å². The van der Waals surface area contributed by atoms with E-state index in [4.69, 9.17) is 0 Å². The summed E-state index contributed by atoms with van der Waals surface area (Å²) in [5.41, 5.74) is 1.43. The molecule has 0 spiro atoms. The van der Waals surface area contributed by atoms with Crippen molar-refractivity contribution in [1.29, 1.82) is 0 Å². The molecule has 0 fully saturated rings. The van der Waals surface area contributed by atoms with Crippen molar-refractivity contribution < 1.29 is 9.59 Å². The van der Waals surface area contributed by atoms with Crippen molar-refractivity contribution in [3.8, 4) is 0 Å². The van der Waals surface area contributed by atoms with Crippen LogP contribution in [0.3, 0.4) is 0 Å². The molecule has 2 aromatic rings. The van der Waals surface area contributed by atoms with Gasteiger partial charge in [-0.05, 0) is 29.8 Å². The number of hydrogen-bond donors (Lipinski definition) is 2. The van der Waals surface area contributed by atoms with Crippen molar-refractivity contribution in [3.63, 3.8) is 0 Å². The van der Waals surface area contributed by atoms with E-state index < -0.39 is 0 Å². The average Bonchev–Trinajstić information content (AvgIpc) is 3.04. The molecular weight excluding hydrogens is 352 g/mol. The maximum Gasteiger partial charge on any atom is 0.273 e. The van der Waals surface area contributed by atoms with Crippen LogP contribution in [0.15, 0.2) is 16.9 Å². The van der Waals surface area contributed by atoms with Crippen LogP contribution in [0.5, 0.6) is 0 Å². The fourth-order valence-corrected chi connectivity index (χ4v) is 2.17. The van der Waals surface area contributed by atoms with Gasteiger partial charge in [-0.3, -0.25) is 19.0 Å². The Bertz CT molecular complexity index is 705. The van der Waals surface area contributed by atoms with E-state index in [-0.39, 0.29) is 24.1 Å². The lowest BCUT2D eigenvalue weighted by molar-refractivity contribution is -0.116. The third-order valence-corrected chi connectivity index (χ3v) is 3.92. The summed E-state index contributed by atoms with van der Waals surface area (Å²) in [5.74, 6) is -0.625. The number of carbonyl (C=O) groups excluding carboxylic acids is 2. The smallest absolute Gasteiger partial charge is 0.273 e. The van der Waals surface area contributed by atoms with Gasteiger partial charge in [-0.15, -0.1) is 0 Å². The molecule has 22 heavy (non-hydrogen) atoms. The number of nitrogens with one attached hydrogen (secondary N) is 2. The van der Waals surface area contributed by atoms with Crippen molar-refractivity contribution in [1.82, 2.24) is 24.9 Å². The van der Waals surface area contributed by atoms with Crippen molar-refractivity contribution in [3.05, 3.63) is 28.3 Å². The van der Waals surface area contributed by atoms with Crippen molar-refractivity contribution in [2.24, 2.45) is 0 Å². The monoisotopic (exact) mass is 368 g/mol. The van der Waals surface area contributed by atoms with E-state index in [1.54, 1.807) is 21.8 Å². The number of carbonyl (C=O) groups is 2. The molecule has 0 saturated heterocycles. The molecule has 8 nitrogen and oxygen atoms in total. The summed E-state index contributed by atoms with van der Waals surface area (Å²) in [6.45, 7) is 4.42. The van der Waals surface area contributed by atoms with E-state index in [1.165, 1.54) is 7.05 Å². The molecule has 0 radical (unpaired) electrons. The largest absolute Gasteiger partial charge is 0.354 e. The second kappa shape index (κ2) is 6.73. The van der Waals surface area contributed by atoms with Crippen molar-refractivity contribution >= 4 is 33.4 Å². The maximum atomic E-state index is 12.1. The van der Waals surface area contributed by atoms with Gasteiger partial charge < -0.3 is 10.6 Å². The Morgan fingerprint density at radius 3 is 2.68 bits per heavy atom. The zero-order valence-electron chi connectivity index (χ0n) is 12.6. The molecule has 0 aliphatic heterocycles. The third-order valence-electron chi connectivity index (χ3n) is 3.14. The lowest BCUT2D eigenvalue weighted by Crippen LogP contribution is -2.24. The average molecular weight is 369 g/mol. The van der Waals surface area contributed by atoms with Gasteiger partial charge in [0.05, 0.1) is 22.1 Å². The standard InChI is InChI=1S/C13H17BrN6O2/c1-4-19-6-10(12(18-19)13(22)15-3)17-11(21)7-20-8(2)9(14)5-16-20/h5-6H,4,7H2,1-3H3,(H,15,22)(H,17,21). The number of aryl methyl sites for hydroxylation is 1. The molecular formula is C13H17BrN6O2. The van der Waals surface area contributed by atoms with Crippen LogP contribution in [0, 0.1) is 6.92 Å². The number of amides is 2. The van der Waals surface area contributed by atoms with Gasteiger partial charge in [-0.1, -0.05) is 0 Å². The number of nitrogens with zero attached hydrogens (tertiary/aromatic N) is 4. The highest BCUT2D eigenvalue weighted by atomic mass is 79.9. The lowest BCUT2D eigenvalue weighted by atomic mass is 10.3. The Morgan fingerprint density at radius 2 is 2.14 bits per heavy atom. The van der Waals surface area contributed by atoms with E-state index in [2.05, 4.69) is 36.8 Å². The summed E-state index contributed by atoms with van der Waals surface area (Å²) in [6, 6.07) is 0. The maximum absolute atomic E-state index is 12.1. The predicted molar refractivity (Wildman–Crippen MR) is 84.6 cm³/mol. The van der Waals surface area contributed by atoms with Gasteiger partial charge in [-0.25, -0.2) is 0 Å². The second-order valence-electron chi connectivity index (χ2n) is 4.61. The minimum atomic E-state index is -0.347. The molecule has 0 aromatic carbocycles. The summed E-state index contributed by atoms with van der Waals surface area (Å²) >= 11 is 3.34. The first-order chi connectivity index (χ1) is 10.5. The molecule has 118 valence electrons. The van der Waals surface area contributed by atoms with E-state index in [1.807, 2.05) is 13.8 Å². The highest BCUT2D eigenvalue weighted by molar-refractivity contribution is 9.10. The predicted octanol–water partition coefficient (Wildman–Crippen LogP) is 1.17. The van der Waals surface area contributed by atoms with Gasteiger partial charge in [0, 0.05) is 19.8 Å². The molecule has 2 N–H and O–H groups in total. The first kappa shape index (κ1) is 16.2. The minimum Gasteiger partial charge on any atom is -0.354 e. The summed E-state index contributed by atoms with van der Waals surface area (Å²) in [4.78, 5) is 23.9. The molecule has 2 rings (SSSR count). The van der Waals surface area contributed by atoms with Crippen LogP contribution in [0.2, 0.25) is 0 Å². The Balaban J connectivity index is 2.15. The Morgan fingerprint density at radius 1 is 1.41 bits per heavy atom. The van der Waals surface area contributed by atoms with Gasteiger partial charge in [0.2, 0.25) is 5.91 Å². The molecule has 9 heteroatoms. The normalized spacial score (nSPS) is 10.5. The number of anilines is 1. The van der Waals surface area contributed by atoms with Crippen LogP contribution >= 0.6 is 15.9 Å². The van der Waals surface area contributed by atoms with E-state index in [0.29, 0.717) is 12.2 Å². The highest BCUT2D eigenvalue weighted by Gasteiger charge is 2.18. The molecule has 0 saturated carbocycles. The lowest BCUT2D eigenvalue weighted by Gasteiger charge is -2.06. The second-order valence-corrected chi connectivity index (χ2v) is 5.46. The summed E-state index contributed by atoms with van der Waals surface area (Å²) in [6.07, 6.45) is 3.27. The van der Waals surface area contributed by atoms with Gasteiger partial charge in [0.15, 0.2) is 5.69 Å². The molecule has 0 atom stereocenters. The van der Waals surface area contributed by atoms with E-state index >= 15 is 0 Å². The zero-order valence-corrected chi connectivity index (χ0v) is 14.1. The quantitative estimate of drug-likeness (QED) is 0.827. The summed E-state index contributed by atoms with van der Waals surface area (Å²) < 4.78 is 4.00. The first-order valence-corrected chi connectivity index (χ1v) is 7.52. The van der Waals surface area contributed by atoms with Gasteiger partial charge in [0.25, 0.3) is 5.91 Å². The number of rotatable bonds is 5. The Labute approximate surface area is 136 Å². The molecule has 0 aliphatic rings. The van der Waals surface area contributed by atoms with E-state index in [0.717, 1.165) is 10.2 Å². The van der Waals surface area contributed by atoms with Crippen LogP contribution < -0.4 is 10.6 Å². The van der Waals surface area contributed by atoms with Gasteiger partial charge in [-0.2, -0.15) is 10.2 Å². The summed E-state index contributed by atoms with van der Waals surface area (Å²) in [5, 5.41) is 13.5.